The lowest BCUT2D eigenvalue weighted by atomic mass is 10.3. The van der Waals surface area contributed by atoms with Crippen LogP contribution in [0.2, 0.25) is 0 Å². The van der Waals surface area contributed by atoms with Crippen LogP contribution < -0.4 is 0 Å². The maximum Gasteiger partial charge on any atom is 0.232 e. The van der Waals surface area contributed by atoms with Crippen molar-refractivity contribution in [2.45, 2.75) is 12.8 Å². The Morgan fingerprint density at radius 3 is 1.62 bits per heavy atom. The SMILES string of the molecule is O=C(CCC(=O)n1ccnc1)n1ccnc1. The predicted octanol–water partition coefficient (Wildman–Crippen LogP) is 0.840. The molecule has 6 heteroatoms. The van der Waals surface area contributed by atoms with Crippen LogP contribution in [0, 0.1) is 0 Å². The summed E-state index contributed by atoms with van der Waals surface area (Å²) in [6.07, 6.45) is 9.33. The first-order valence-corrected chi connectivity index (χ1v) is 4.79. The molecule has 0 N–H and O–H groups in total. The van der Waals surface area contributed by atoms with Crippen molar-refractivity contribution in [1.29, 1.82) is 0 Å². The van der Waals surface area contributed by atoms with Gasteiger partial charge in [0, 0.05) is 37.6 Å². The highest BCUT2D eigenvalue weighted by Gasteiger charge is 2.09. The molecule has 0 unspecified atom stereocenters. The van der Waals surface area contributed by atoms with Crippen molar-refractivity contribution in [2.75, 3.05) is 0 Å². The van der Waals surface area contributed by atoms with Crippen molar-refractivity contribution in [1.82, 2.24) is 19.1 Å². The molecular formula is C10H10N4O2. The van der Waals surface area contributed by atoms with Gasteiger partial charge in [-0.15, -0.1) is 0 Å². The molecule has 0 bridgehead atoms. The van der Waals surface area contributed by atoms with Gasteiger partial charge in [-0.2, -0.15) is 0 Å². The van der Waals surface area contributed by atoms with Crippen molar-refractivity contribution in [3.05, 3.63) is 37.4 Å². The third-order valence-corrected chi connectivity index (χ3v) is 2.14. The van der Waals surface area contributed by atoms with E-state index in [0.717, 1.165) is 0 Å². The van der Waals surface area contributed by atoms with E-state index < -0.39 is 0 Å². The Bertz CT molecular complexity index is 427. The second-order valence-electron chi connectivity index (χ2n) is 3.23. The molecule has 16 heavy (non-hydrogen) atoms. The quantitative estimate of drug-likeness (QED) is 0.765. The van der Waals surface area contributed by atoms with Gasteiger partial charge in [0.1, 0.15) is 12.7 Å². The molecule has 6 nitrogen and oxygen atoms in total. The second kappa shape index (κ2) is 4.52. The molecule has 2 aromatic rings. The Morgan fingerprint density at radius 1 is 0.875 bits per heavy atom. The van der Waals surface area contributed by atoms with Crippen LogP contribution in [0.4, 0.5) is 0 Å². The molecule has 82 valence electrons. The van der Waals surface area contributed by atoms with Crippen LogP contribution in [0.25, 0.3) is 0 Å². The van der Waals surface area contributed by atoms with E-state index in [1.165, 1.54) is 34.2 Å². The number of hydrogen-bond acceptors (Lipinski definition) is 4. The highest BCUT2D eigenvalue weighted by atomic mass is 16.2. The largest absolute Gasteiger partial charge is 0.276 e. The van der Waals surface area contributed by atoms with Crippen LogP contribution in [0.15, 0.2) is 37.4 Å². The van der Waals surface area contributed by atoms with Crippen molar-refractivity contribution in [3.8, 4) is 0 Å². The highest BCUT2D eigenvalue weighted by molar-refractivity contribution is 5.86. The fourth-order valence-electron chi connectivity index (χ4n) is 1.29. The summed E-state index contributed by atoms with van der Waals surface area (Å²) in [7, 11) is 0. The van der Waals surface area contributed by atoms with E-state index in [0.29, 0.717) is 0 Å². The normalized spacial score (nSPS) is 10.2. The maximum absolute atomic E-state index is 11.5. The fraction of sp³-hybridized carbons (Fsp3) is 0.200. The summed E-state index contributed by atoms with van der Waals surface area (Å²) < 4.78 is 2.72. The molecule has 2 aromatic heterocycles. The van der Waals surface area contributed by atoms with E-state index in [4.69, 9.17) is 0 Å². The summed E-state index contributed by atoms with van der Waals surface area (Å²) in [5, 5.41) is 0. The summed E-state index contributed by atoms with van der Waals surface area (Å²) >= 11 is 0. The molecule has 0 aromatic carbocycles. The van der Waals surface area contributed by atoms with Gasteiger partial charge in [0.15, 0.2) is 0 Å². The number of nitrogens with zero attached hydrogens (tertiary/aromatic N) is 4. The summed E-state index contributed by atoms with van der Waals surface area (Å²) in [6, 6.07) is 0. The average Bonchev–Trinajstić information content (AvgIpc) is 2.95. The van der Waals surface area contributed by atoms with E-state index in [1.807, 2.05) is 0 Å². The van der Waals surface area contributed by atoms with Gasteiger partial charge >= 0.3 is 0 Å². The molecule has 0 saturated heterocycles. The van der Waals surface area contributed by atoms with Gasteiger partial charge in [-0.1, -0.05) is 0 Å². The standard InChI is InChI=1S/C10H10N4O2/c15-9(13-5-3-11-7-13)1-2-10(16)14-6-4-12-8-14/h3-8H,1-2H2. The number of rotatable bonds is 3. The van der Waals surface area contributed by atoms with Gasteiger partial charge in [-0.25, -0.2) is 9.97 Å². The number of carbonyl (C=O) groups is 2. The van der Waals surface area contributed by atoms with Crippen LogP contribution in [0.5, 0.6) is 0 Å². The minimum Gasteiger partial charge on any atom is -0.276 e. The molecular weight excluding hydrogens is 208 g/mol. The molecule has 2 heterocycles. The van der Waals surface area contributed by atoms with Crippen molar-refractivity contribution < 1.29 is 9.59 Å². The number of hydrogen-bond donors (Lipinski definition) is 0. The van der Waals surface area contributed by atoms with Gasteiger partial charge in [0.05, 0.1) is 0 Å². The van der Waals surface area contributed by atoms with Gasteiger partial charge in [-0.3, -0.25) is 18.7 Å². The zero-order chi connectivity index (χ0) is 11.4. The smallest absolute Gasteiger partial charge is 0.232 e. The molecule has 0 spiro atoms. The van der Waals surface area contributed by atoms with Crippen LogP contribution in [0.3, 0.4) is 0 Å². The number of carbonyl (C=O) groups excluding carboxylic acids is 2. The summed E-state index contributed by atoms with van der Waals surface area (Å²) in [4.78, 5) is 30.6. The Hall–Kier alpha value is -2.24. The topological polar surface area (TPSA) is 69.8 Å². The third kappa shape index (κ3) is 2.22. The molecule has 0 aliphatic carbocycles. The summed E-state index contributed by atoms with van der Waals surface area (Å²) in [6.45, 7) is 0. The minimum absolute atomic E-state index is 0.147. The van der Waals surface area contributed by atoms with Crippen LogP contribution >= 0.6 is 0 Å². The zero-order valence-corrected chi connectivity index (χ0v) is 8.48. The summed E-state index contributed by atoms with van der Waals surface area (Å²) in [5.41, 5.74) is 0. The van der Waals surface area contributed by atoms with E-state index in [2.05, 4.69) is 9.97 Å². The molecule has 0 atom stereocenters. The molecule has 0 aliphatic rings. The van der Waals surface area contributed by atoms with Crippen LogP contribution in [-0.4, -0.2) is 30.9 Å². The Labute approximate surface area is 91.5 Å². The van der Waals surface area contributed by atoms with Crippen molar-refractivity contribution in [2.24, 2.45) is 0 Å². The average molecular weight is 218 g/mol. The zero-order valence-electron chi connectivity index (χ0n) is 8.48. The molecule has 0 saturated carbocycles. The Balaban J connectivity index is 1.89. The summed E-state index contributed by atoms with van der Waals surface area (Å²) in [5.74, 6) is -0.295. The fourth-order valence-corrected chi connectivity index (χ4v) is 1.29. The van der Waals surface area contributed by atoms with E-state index in [1.54, 1.807) is 12.4 Å². The first kappa shape index (κ1) is 10.3. The Kier molecular flexibility index (Phi) is 2.90. The molecule has 2 rings (SSSR count). The lowest BCUT2D eigenvalue weighted by molar-refractivity contribution is 0.0831. The first-order valence-electron chi connectivity index (χ1n) is 4.79. The van der Waals surface area contributed by atoms with Crippen LogP contribution in [0.1, 0.15) is 22.4 Å². The van der Waals surface area contributed by atoms with Crippen molar-refractivity contribution >= 4 is 11.8 Å². The van der Waals surface area contributed by atoms with Gasteiger partial charge in [-0.05, 0) is 0 Å². The molecule has 0 amide bonds. The number of imidazole rings is 2. The molecule has 0 aliphatic heterocycles. The lowest BCUT2D eigenvalue weighted by Crippen LogP contribution is -2.14. The van der Waals surface area contributed by atoms with Crippen LogP contribution in [-0.2, 0) is 0 Å². The monoisotopic (exact) mass is 218 g/mol. The third-order valence-electron chi connectivity index (χ3n) is 2.14. The highest BCUT2D eigenvalue weighted by Crippen LogP contribution is 1.99. The van der Waals surface area contributed by atoms with Gasteiger partial charge in [0.2, 0.25) is 11.8 Å². The first-order chi connectivity index (χ1) is 7.77. The molecule has 0 radical (unpaired) electrons. The maximum atomic E-state index is 11.5. The van der Waals surface area contributed by atoms with Crippen molar-refractivity contribution in [3.63, 3.8) is 0 Å². The van der Waals surface area contributed by atoms with E-state index in [-0.39, 0.29) is 24.7 Å². The second-order valence-corrected chi connectivity index (χ2v) is 3.23. The lowest BCUT2D eigenvalue weighted by Gasteiger charge is -2.01. The van der Waals surface area contributed by atoms with Gasteiger partial charge < -0.3 is 0 Å². The van der Waals surface area contributed by atoms with E-state index >= 15 is 0 Å². The Morgan fingerprint density at radius 2 is 1.31 bits per heavy atom. The van der Waals surface area contributed by atoms with Gasteiger partial charge in [0.25, 0.3) is 0 Å². The number of aromatic nitrogens is 4. The predicted molar refractivity (Wildman–Crippen MR) is 54.9 cm³/mol. The van der Waals surface area contributed by atoms with E-state index in [9.17, 15) is 9.59 Å². The molecule has 0 fully saturated rings. The minimum atomic E-state index is -0.147.